The normalized spacial score (nSPS) is 13.0. The van der Waals surface area contributed by atoms with E-state index in [2.05, 4.69) is 5.10 Å². The standard InChI is InChI=1S/C17H22N2O5S/c1-6-19-17(21)13(9-18-19)16(20)12-7-8-14(25(5,22)23)15(10(12)2)11(3)24-4/h7-9,11,21H,6H2,1-5H3. The molecular formula is C17H22N2O5S. The molecule has 136 valence electrons. The number of aromatic hydroxyl groups is 1. The van der Waals surface area contributed by atoms with Crippen molar-refractivity contribution in [1.82, 2.24) is 9.78 Å². The zero-order valence-corrected chi connectivity index (χ0v) is 15.7. The predicted octanol–water partition coefficient (Wildman–Crippen LogP) is 2.26. The van der Waals surface area contributed by atoms with E-state index in [1.54, 1.807) is 20.8 Å². The molecule has 0 aliphatic carbocycles. The summed E-state index contributed by atoms with van der Waals surface area (Å²) in [5.41, 5.74) is 1.33. The summed E-state index contributed by atoms with van der Waals surface area (Å²) < 4.78 is 30.8. The van der Waals surface area contributed by atoms with Crippen LogP contribution in [0.3, 0.4) is 0 Å². The lowest BCUT2D eigenvalue weighted by Crippen LogP contribution is -2.13. The molecule has 1 unspecified atom stereocenters. The molecule has 0 bridgehead atoms. The number of aryl methyl sites for hydroxylation is 1. The Morgan fingerprint density at radius 1 is 1.36 bits per heavy atom. The maximum absolute atomic E-state index is 12.8. The fourth-order valence-corrected chi connectivity index (χ4v) is 3.85. The topological polar surface area (TPSA) is 98.5 Å². The van der Waals surface area contributed by atoms with Gasteiger partial charge in [0.25, 0.3) is 0 Å². The van der Waals surface area contributed by atoms with Crippen molar-refractivity contribution in [2.45, 2.75) is 38.3 Å². The zero-order valence-electron chi connectivity index (χ0n) is 14.9. The first-order chi connectivity index (χ1) is 11.6. The highest BCUT2D eigenvalue weighted by atomic mass is 32.2. The van der Waals surface area contributed by atoms with Crippen LogP contribution in [-0.4, -0.2) is 42.5 Å². The molecule has 1 aromatic heterocycles. The van der Waals surface area contributed by atoms with Gasteiger partial charge in [0.2, 0.25) is 5.88 Å². The van der Waals surface area contributed by atoms with Crippen LogP contribution in [0.1, 0.15) is 47.0 Å². The summed E-state index contributed by atoms with van der Waals surface area (Å²) in [5, 5.41) is 14.1. The molecule has 0 aliphatic heterocycles. The van der Waals surface area contributed by atoms with Gasteiger partial charge in [-0.05, 0) is 38.5 Å². The first-order valence-electron chi connectivity index (χ1n) is 7.79. The highest BCUT2D eigenvalue weighted by Crippen LogP contribution is 2.32. The van der Waals surface area contributed by atoms with Crippen LogP contribution in [0, 0.1) is 6.92 Å². The second-order valence-corrected chi connectivity index (χ2v) is 7.81. The van der Waals surface area contributed by atoms with E-state index >= 15 is 0 Å². The van der Waals surface area contributed by atoms with Crippen LogP contribution in [0.25, 0.3) is 0 Å². The summed E-state index contributed by atoms with van der Waals surface area (Å²) in [5.74, 6) is -0.625. The molecule has 0 aliphatic rings. The van der Waals surface area contributed by atoms with Crippen LogP contribution in [0.5, 0.6) is 5.88 Å². The number of rotatable bonds is 6. The van der Waals surface area contributed by atoms with Gasteiger partial charge in [0.05, 0.1) is 17.2 Å². The summed E-state index contributed by atoms with van der Waals surface area (Å²) >= 11 is 0. The molecule has 1 atom stereocenters. The predicted molar refractivity (Wildman–Crippen MR) is 92.7 cm³/mol. The third-order valence-electron chi connectivity index (χ3n) is 4.23. The van der Waals surface area contributed by atoms with E-state index in [1.165, 1.54) is 30.1 Å². The summed E-state index contributed by atoms with van der Waals surface area (Å²) in [6.07, 6.45) is 1.92. The molecule has 0 saturated carbocycles. The second kappa shape index (κ2) is 6.97. The van der Waals surface area contributed by atoms with Crippen molar-refractivity contribution in [3.8, 4) is 5.88 Å². The van der Waals surface area contributed by atoms with Crippen molar-refractivity contribution in [1.29, 1.82) is 0 Å². The van der Waals surface area contributed by atoms with E-state index in [-0.39, 0.29) is 16.3 Å². The van der Waals surface area contributed by atoms with Crippen molar-refractivity contribution in [2.24, 2.45) is 0 Å². The van der Waals surface area contributed by atoms with Crippen LogP contribution in [0.2, 0.25) is 0 Å². The quantitative estimate of drug-likeness (QED) is 0.788. The van der Waals surface area contributed by atoms with Crippen LogP contribution in [0.15, 0.2) is 23.2 Å². The number of ether oxygens (including phenoxy) is 1. The van der Waals surface area contributed by atoms with E-state index in [0.29, 0.717) is 23.2 Å². The molecule has 1 heterocycles. The third-order valence-corrected chi connectivity index (χ3v) is 5.39. The number of carbonyl (C=O) groups excluding carboxylic acids is 1. The van der Waals surface area contributed by atoms with Crippen molar-refractivity contribution in [2.75, 3.05) is 13.4 Å². The number of hydrogen-bond donors (Lipinski definition) is 1. The summed E-state index contributed by atoms with van der Waals surface area (Å²) in [4.78, 5) is 13.0. The van der Waals surface area contributed by atoms with Gasteiger partial charge in [0.15, 0.2) is 15.6 Å². The Morgan fingerprint density at radius 2 is 2.00 bits per heavy atom. The SMILES string of the molecule is CCn1ncc(C(=O)c2ccc(S(C)(=O)=O)c(C(C)OC)c2C)c1O. The summed E-state index contributed by atoms with van der Waals surface area (Å²) in [6, 6.07) is 2.87. The molecule has 2 aromatic rings. The van der Waals surface area contributed by atoms with Gasteiger partial charge in [-0.1, -0.05) is 0 Å². The molecule has 1 aromatic carbocycles. The van der Waals surface area contributed by atoms with Crippen molar-refractivity contribution in [3.63, 3.8) is 0 Å². The molecule has 25 heavy (non-hydrogen) atoms. The van der Waals surface area contributed by atoms with E-state index in [4.69, 9.17) is 4.74 Å². The molecule has 0 fully saturated rings. The van der Waals surface area contributed by atoms with Crippen molar-refractivity contribution >= 4 is 15.6 Å². The van der Waals surface area contributed by atoms with Gasteiger partial charge >= 0.3 is 0 Å². The highest BCUT2D eigenvalue weighted by Gasteiger charge is 2.26. The van der Waals surface area contributed by atoms with Crippen LogP contribution < -0.4 is 0 Å². The molecule has 1 N–H and O–H groups in total. The Balaban J connectivity index is 2.67. The average molecular weight is 366 g/mol. The van der Waals surface area contributed by atoms with Gasteiger partial charge in [0.1, 0.15) is 5.56 Å². The summed E-state index contributed by atoms with van der Waals surface area (Å²) in [6.45, 7) is 5.62. The van der Waals surface area contributed by atoms with Gasteiger partial charge in [-0.15, -0.1) is 0 Å². The van der Waals surface area contributed by atoms with Gasteiger partial charge < -0.3 is 9.84 Å². The molecule has 7 nitrogen and oxygen atoms in total. The average Bonchev–Trinajstić information content (AvgIpc) is 2.93. The van der Waals surface area contributed by atoms with E-state index in [1.807, 2.05) is 0 Å². The number of benzene rings is 1. The Kier molecular flexibility index (Phi) is 5.34. The van der Waals surface area contributed by atoms with Crippen molar-refractivity contribution in [3.05, 3.63) is 40.6 Å². The van der Waals surface area contributed by atoms with Gasteiger partial charge in [-0.2, -0.15) is 5.10 Å². The van der Waals surface area contributed by atoms with Crippen LogP contribution >= 0.6 is 0 Å². The fourth-order valence-electron chi connectivity index (χ4n) is 2.81. The van der Waals surface area contributed by atoms with E-state index in [9.17, 15) is 18.3 Å². The lowest BCUT2D eigenvalue weighted by Gasteiger charge is -2.19. The van der Waals surface area contributed by atoms with E-state index in [0.717, 1.165) is 6.26 Å². The third kappa shape index (κ3) is 3.45. The molecule has 8 heteroatoms. The lowest BCUT2D eigenvalue weighted by atomic mass is 9.94. The molecule has 0 saturated heterocycles. The second-order valence-electron chi connectivity index (χ2n) is 5.83. The maximum atomic E-state index is 12.8. The zero-order chi connectivity index (χ0) is 18.9. The minimum Gasteiger partial charge on any atom is -0.493 e. The number of methoxy groups -OCH3 is 1. The van der Waals surface area contributed by atoms with Gasteiger partial charge in [-0.3, -0.25) is 4.79 Å². The Hall–Kier alpha value is -2.19. The molecule has 2 rings (SSSR count). The highest BCUT2D eigenvalue weighted by molar-refractivity contribution is 7.90. The van der Waals surface area contributed by atoms with Crippen LogP contribution in [-0.2, 0) is 21.1 Å². The summed E-state index contributed by atoms with van der Waals surface area (Å²) in [7, 11) is -2.01. The maximum Gasteiger partial charge on any atom is 0.220 e. The molecule has 0 amide bonds. The number of nitrogens with zero attached hydrogens (tertiary/aromatic N) is 2. The number of carbonyl (C=O) groups is 1. The van der Waals surface area contributed by atoms with E-state index < -0.39 is 21.7 Å². The number of sulfone groups is 1. The van der Waals surface area contributed by atoms with Gasteiger partial charge in [-0.25, -0.2) is 13.1 Å². The number of ketones is 1. The Labute approximate surface area is 147 Å². The van der Waals surface area contributed by atoms with Crippen LogP contribution in [0.4, 0.5) is 0 Å². The first-order valence-corrected chi connectivity index (χ1v) is 9.68. The molecule has 0 spiro atoms. The number of aromatic nitrogens is 2. The fraction of sp³-hybridized carbons (Fsp3) is 0.412. The largest absolute Gasteiger partial charge is 0.493 e. The Bertz CT molecular complexity index is 915. The first kappa shape index (κ1) is 19.1. The lowest BCUT2D eigenvalue weighted by molar-refractivity contribution is 0.103. The minimum atomic E-state index is -3.48. The van der Waals surface area contributed by atoms with Crippen molar-refractivity contribution < 1.29 is 23.1 Å². The number of hydrogen-bond acceptors (Lipinski definition) is 6. The van der Waals surface area contributed by atoms with Gasteiger partial charge in [0, 0.05) is 31.0 Å². The Morgan fingerprint density at radius 3 is 2.48 bits per heavy atom. The monoisotopic (exact) mass is 366 g/mol. The minimum absolute atomic E-state index is 0.0769. The molecular weight excluding hydrogens is 344 g/mol. The molecule has 0 radical (unpaired) electrons. The smallest absolute Gasteiger partial charge is 0.220 e.